The molecule has 0 bridgehead atoms. The van der Waals surface area contributed by atoms with Crippen molar-refractivity contribution >= 4 is 11.8 Å². The fourth-order valence-electron chi connectivity index (χ4n) is 3.30. The summed E-state index contributed by atoms with van der Waals surface area (Å²) in [7, 11) is 0. The van der Waals surface area contributed by atoms with Gasteiger partial charge in [-0.3, -0.25) is 9.59 Å². The molecule has 3 rings (SSSR count). The molecule has 0 radical (unpaired) electrons. The van der Waals surface area contributed by atoms with Gasteiger partial charge in [-0.25, -0.2) is 14.6 Å². The van der Waals surface area contributed by atoms with Gasteiger partial charge in [0.25, 0.3) is 5.95 Å². The van der Waals surface area contributed by atoms with Crippen LogP contribution in [0.5, 0.6) is 0 Å². The van der Waals surface area contributed by atoms with E-state index in [-0.39, 0.29) is 18.2 Å². The van der Waals surface area contributed by atoms with Gasteiger partial charge in [0, 0.05) is 35.7 Å². The highest BCUT2D eigenvalue weighted by Gasteiger charge is 2.30. The zero-order valence-electron chi connectivity index (χ0n) is 15.8. The molecule has 8 heteroatoms. The Morgan fingerprint density at radius 1 is 1.23 bits per heavy atom. The molecule has 0 aromatic carbocycles. The third-order valence-electron chi connectivity index (χ3n) is 4.75. The zero-order valence-corrected chi connectivity index (χ0v) is 15.8. The fraction of sp³-hybridized carbons (Fsp3) is 0.500. The van der Waals surface area contributed by atoms with E-state index in [1.807, 2.05) is 33.8 Å². The number of nitrogens with zero attached hydrogens (tertiary/aromatic N) is 5. The van der Waals surface area contributed by atoms with Gasteiger partial charge >= 0.3 is 0 Å². The molecule has 0 aliphatic carbocycles. The highest BCUT2D eigenvalue weighted by atomic mass is 16.2. The standard InChI is InChI=1S/C18H24N6O2/c1-10-8-11(2)21-18(20-10)24-13(4)15(12(3)22-24)9-16(25)23-7-6-19-17(26)14(23)5/h8,14H,6-7,9H2,1-5H3,(H,19,26). The third-order valence-corrected chi connectivity index (χ3v) is 4.75. The lowest BCUT2D eigenvalue weighted by molar-refractivity contribution is -0.142. The van der Waals surface area contributed by atoms with E-state index >= 15 is 0 Å². The normalized spacial score (nSPS) is 17.3. The lowest BCUT2D eigenvalue weighted by Crippen LogP contribution is -2.56. The molecular formula is C18H24N6O2. The molecule has 2 amide bonds. The van der Waals surface area contributed by atoms with Gasteiger partial charge in [-0.15, -0.1) is 0 Å². The zero-order chi connectivity index (χ0) is 19.0. The number of carbonyl (C=O) groups excluding carboxylic acids is 2. The molecule has 8 nitrogen and oxygen atoms in total. The van der Waals surface area contributed by atoms with E-state index in [9.17, 15) is 9.59 Å². The molecule has 1 N–H and O–H groups in total. The Balaban J connectivity index is 1.88. The SMILES string of the molecule is Cc1cc(C)nc(-n2nc(C)c(CC(=O)N3CCNC(=O)C3C)c2C)n1. The average molecular weight is 356 g/mol. The molecule has 1 aliphatic heterocycles. The number of hydrogen-bond acceptors (Lipinski definition) is 5. The van der Waals surface area contributed by atoms with Gasteiger partial charge in [0.15, 0.2) is 0 Å². The van der Waals surface area contributed by atoms with E-state index < -0.39 is 6.04 Å². The summed E-state index contributed by atoms with van der Waals surface area (Å²) in [5, 5.41) is 7.31. The van der Waals surface area contributed by atoms with Crippen LogP contribution in [0.2, 0.25) is 0 Å². The van der Waals surface area contributed by atoms with E-state index in [0.29, 0.717) is 19.0 Å². The maximum Gasteiger partial charge on any atom is 0.251 e. The van der Waals surface area contributed by atoms with Crippen LogP contribution in [0.1, 0.15) is 35.3 Å². The lowest BCUT2D eigenvalue weighted by Gasteiger charge is -2.32. The fourth-order valence-corrected chi connectivity index (χ4v) is 3.30. The molecule has 0 saturated carbocycles. The number of rotatable bonds is 3. The number of amides is 2. The highest BCUT2D eigenvalue weighted by molar-refractivity contribution is 5.89. The molecule has 1 aliphatic rings. The summed E-state index contributed by atoms with van der Waals surface area (Å²) >= 11 is 0. The Bertz CT molecular complexity index is 853. The number of carbonyl (C=O) groups is 2. The Morgan fingerprint density at radius 3 is 2.54 bits per heavy atom. The number of hydrogen-bond donors (Lipinski definition) is 1. The van der Waals surface area contributed by atoms with Gasteiger partial charge < -0.3 is 10.2 Å². The van der Waals surface area contributed by atoms with E-state index in [2.05, 4.69) is 20.4 Å². The van der Waals surface area contributed by atoms with Gasteiger partial charge in [-0.05, 0) is 40.7 Å². The first-order chi connectivity index (χ1) is 12.3. The van der Waals surface area contributed by atoms with Crippen LogP contribution >= 0.6 is 0 Å². The van der Waals surface area contributed by atoms with Crippen molar-refractivity contribution in [2.45, 2.75) is 47.1 Å². The van der Waals surface area contributed by atoms with Crippen molar-refractivity contribution in [3.05, 3.63) is 34.4 Å². The second-order valence-electron chi connectivity index (χ2n) is 6.74. The Labute approximate surface area is 152 Å². The molecule has 2 aromatic rings. The first-order valence-corrected chi connectivity index (χ1v) is 8.73. The van der Waals surface area contributed by atoms with Crippen LogP contribution in [-0.2, 0) is 16.0 Å². The van der Waals surface area contributed by atoms with Crippen molar-refractivity contribution in [3.63, 3.8) is 0 Å². The monoisotopic (exact) mass is 356 g/mol. The first-order valence-electron chi connectivity index (χ1n) is 8.73. The molecule has 1 fully saturated rings. The molecule has 2 aromatic heterocycles. The van der Waals surface area contributed by atoms with Crippen LogP contribution in [0.25, 0.3) is 5.95 Å². The molecule has 1 saturated heterocycles. The molecule has 0 spiro atoms. The minimum atomic E-state index is -0.449. The Morgan fingerprint density at radius 2 is 1.88 bits per heavy atom. The molecule has 1 unspecified atom stereocenters. The molecule has 26 heavy (non-hydrogen) atoms. The van der Waals surface area contributed by atoms with Crippen molar-refractivity contribution < 1.29 is 9.59 Å². The minimum Gasteiger partial charge on any atom is -0.353 e. The molecule has 138 valence electrons. The van der Waals surface area contributed by atoms with Gasteiger partial charge in [-0.2, -0.15) is 5.10 Å². The minimum absolute atomic E-state index is 0.0700. The van der Waals surface area contributed by atoms with Crippen molar-refractivity contribution in [1.29, 1.82) is 0 Å². The number of piperazine rings is 1. The lowest BCUT2D eigenvalue weighted by atomic mass is 10.1. The average Bonchev–Trinajstić information content (AvgIpc) is 2.84. The summed E-state index contributed by atoms with van der Waals surface area (Å²) in [6, 6.07) is 1.46. The van der Waals surface area contributed by atoms with Crippen molar-refractivity contribution in [3.8, 4) is 5.95 Å². The largest absolute Gasteiger partial charge is 0.353 e. The van der Waals surface area contributed by atoms with E-state index in [0.717, 1.165) is 28.3 Å². The number of aryl methyl sites for hydroxylation is 3. The van der Waals surface area contributed by atoms with E-state index in [1.165, 1.54) is 0 Å². The van der Waals surface area contributed by atoms with Crippen molar-refractivity contribution in [2.75, 3.05) is 13.1 Å². The van der Waals surface area contributed by atoms with Crippen LogP contribution in [0.4, 0.5) is 0 Å². The smallest absolute Gasteiger partial charge is 0.251 e. The van der Waals surface area contributed by atoms with Gasteiger partial charge in [0.1, 0.15) is 6.04 Å². The second kappa shape index (κ2) is 6.86. The highest BCUT2D eigenvalue weighted by Crippen LogP contribution is 2.19. The van der Waals surface area contributed by atoms with E-state index in [4.69, 9.17) is 0 Å². The number of nitrogens with one attached hydrogen (secondary N) is 1. The molecule has 1 atom stereocenters. The van der Waals surface area contributed by atoms with Crippen molar-refractivity contribution in [2.24, 2.45) is 0 Å². The van der Waals surface area contributed by atoms with Crippen LogP contribution in [-0.4, -0.2) is 55.6 Å². The summed E-state index contributed by atoms with van der Waals surface area (Å²) in [5.41, 5.74) is 4.20. The second-order valence-corrected chi connectivity index (χ2v) is 6.74. The maximum absolute atomic E-state index is 12.8. The van der Waals surface area contributed by atoms with Crippen LogP contribution < -0.4 is 5.32 Å². The predicted octanol–water partition coefficient (Wildman–Crippen LogP) is 0.785. The first kappa shape index (κ1) is 18.0. The quantitative estimate of drug-likeness (QED) is 0.877. The third kappa shape index (κ3) is 3.31. The summed E-state index contributed by atoms with van der Waals surface area (Å²) in [4.78, 5) is 35.1. The van der Waals surface area contributed by atoms with Crippen LogP contribution in [0.15, 0.2) is 6.07 Å². The molecular weight excluding hydrogens is 332 g/mol. The van der Waals surface area contributed by atoms with Gasteiger partial charge in [0.2, 0.25) is 11.8 Å². The molecule has 3 heterocycles. The number of aromatic nitrogens is 4. The van der Waals surface area contributed by atoms with Gasteiger partial charge in [-0.1, -0.05) is 0 Å². The van der Waals surface area contributed by atoms with Crippen LogP contribution in [0, 0.1) is 27.7 Å². The Kier molecular flexibility index (Phi) is 4.76. The van der Waals surface area contributed by atoms with E-state index in [1.54, 1.807) is 16.5 Å². The predicted molar refractivity (Wildman–Crippen MR) is 96.0 cm³/mol. The maximum atomic E-state index is 12.8. The summed E-state index contributed by atoms with van der Waals surface area (Å²) in [5.74, 6) is 0.323. The topological polar surface area (TPSA) is 93.0 Å². The van der Waals surface area contributed by atoms with Crippen molar-refractivity contribution in [1.82, 2.24) is 30.0 Å². The van der Waals surface area contributed by atoms with Gasteiger partial charge in [0.05, 0.1) is 12.1 Å². The Hall–Kier alpha value is -2.77. The summed E-state index contributed by atoms with van der Waals surface area (Å²) < 4.78 is 1.68. The van der Waals surface area contributed by atoms with Crippen LogP contribution in [0.3, 0.4) is 0 Å². The summed E-state index contributed by atoms with van der Waals surface area (Å²) in [6.07, 6.45) is 0.208. The summed E-state index contributed by atoms with van der Waals surface area (Å²) in [6.45, 7) is 10.4.